The molecule has 0 heterocycles. The van der Waals surface area contributed by atoms with E-state index in [1.807, 2.05) is 61.5 Å². The minimum Gasteiger partial charge on any atom is -0.468 e. The number of thioether (sulfide) groups is 1. The van der Waals surface area contributed by atoms with Crippen LogP contribution in [0.2, 0.25) is 0 Å². The molecule has 0 aliphatic rings. The monoisotopic (exact) mass is 358 g/mol. The fraction of sp³-hybridized carbons (Fsp3) is 0.300. The van der Waals surface area contributed by atoms with Crippen LogP contribution in [0.5, 0.6) is 0 Å². The molecule has 0 aromatic heterocycles. The molecule has 2 aromatic carbocycles. The number of ether oxygens (including phenoxy) is 2. The molecule has 0 spiro atoms. The summed E-state index contributed by atoms with van der Waals surface area (Å²) in [7, 11) is 2.56. The number of benzene rings is 2. The quantitative estimate of drug-likeness (QED) is 0.422. The number of carbonyl (C=O) groups excluding carboxylic acids is 2. The number of hydrogen-bond donors (Lipinski definition) is 0. The van der Waals surface area contributed by atoms with Crippen LogP contribution in [0.25, 0.3) is 0 Å². The Bertz CT molecular complexity index is 681. The molecule has 4 nitrogen and oxygen atoms in total. The van der Waals surface area contributed by atoms with E-state index in [1.54, 1.807) is 11.8 Å². The van der Waals surface area contributed by atoms with Crippen molar-refractivity contribution in [2.75, 3.05) is 14.2 Å². The number of rotatable bonds is 7. The van der Waals surface area contributed by atoms with Gasteiger partial charge in [-0.1, -0.05) is 48.0 Å². The molecule has 25 heavy (non-hydrogen) atoms. The van der Waals surface area contributed by atoms with E-state index in [0.29, 0.717) is 6.42 Å². The van der Waals surface area contributed by atoms with Gasteiger partial charge in [0.25, 0.3) is 0 Å². The second kappa shape index (κ2) is 9.28. The SMILES string of the molecule is COC(=O)C(CC(Sc1ccc(C)cc1)c1ccccc1)C(=O)OC. The van der Waals surface area contributed by atoms with Gasteiger partial charge < -0.3 is 9.47 Å². The van der Waals surface area contributed by atoms with Crippen LogP contribution < -0.4 is 0 Å². The average Bonchev–Trinajstić information content (AvgIpc) is 2.66. The summed E-state index contributed by atoms with van der Waals surface area (Å²) < 4.78 is 9.58. The van der Waals surface area contributed by atoms with E-state index in [1.165, 1.54) is 19.8 Å². The Morgan fingerprint density at radius 2 is 1.48 bits per heavy atom. The Morgan fingerprint density at radius 3 is 2.00 bits per heavy atom. The summed E-state index contributed by atoms with van der Waals surface area (Å²) >= 11 is 1.62. The smallest absolute Gasteiger partial charge is 0.320 e. The number of carbonyl (C=O) groups is 2. The highest BCUT2D eigenvalue weighted by Gasteiger charge is 2.32. The first-order valence-corrected chi connectivity index (χ1v) is 8.87. The van der Waals surface area contributed by atoms with Crippen molar-refractivity contribution in [2.45, 2.75) is 23.5 Å². The minimum absolute atomic E-state index is 0.0768. The zero-order valence-electron chi connectivity index (χ0n) is 14.6. The molecule has 0 N–H and O–H groups in total. The van der Waals surface area contributed by atoms with Crippen molar-refractivity contribution >= 4 is 23.7 Å². The van der Waals surface area contributed by atoms with Gasteiger partial charge in [-0.25, -0.2) is 0 Å². The number of methoxy groups -OCH3 is 2. The molecule has 0 aliphatic carbocycles. The van der Waals surface area contributed by atoms with Crippen molar-refractivity contribution in [3.05, 3.63) is 65.7 Å². The number of hydrogen-bond acceptors (Lipinski definition) is 5. The summed E-state index contributed by atoms with van der Waals surface area (Å²) in [6, 6.07) is 18.0. The largest absolute Gasteiger partial charge is 0.468 e. The molecule has 0 bridgehead atoms. The van der Waals surface area contributed by atoms with Crippen LogP contribution in [-0.2, 0) is 19.1 Å². The molecule has 0 radical (unpaired) electrons. The molecule has 2 aromatic rings. The van der Waals surface area contributed by atoms with Gasteiger partial charge in [0, 0.05) is 10.1 Å². The topological polar surface area (TPSA) is 52.6 Å². The lowest BCUT2D eigenvalue weighted by atomic mass is 9.99. The van der Waals surface area contributed by atoms with Crippen LogP contribution in [0, 0.1) is 12.8 Å². The maximum absolute atomic E-state index is 12.0. The normalized spacial score (nSPS) is 11.8. The van der Waals surface area contributed by atoms with Gasteiger partial charge in [-0.3, -0.25) is 9.59 Å². The standard InChI is InChI=1S/C20H22O4S/c1-14-9-11-16(12-10-14)25-18(15-7-5-4-6-8-15)13-17(19(21)23-2)20(22)24-3/h4-12,17-18H,13H2,1-3H3. The molecule has 0 aliphatic heterocycles. The van der Waals surface area contributed by atoms with E-state index >= 15 is 0 Å². The third-order valence-corrected chi connectivity index (χ3v) is 5.19. The average molecular weight is 358 g/mol. The van der Waals surface area contributed by atoms with E-state index in [2.05, 4.69) is 0 Å². The number of aryl methyl sites for hydroxylation is 1. The highest BCUT2D eigenvalue weighted by atomic mass is 32.2. The first-order chi connectivity index (χ1) is 12.0. The van der Waals surface area contributed by atoms with E-state index < -0.39 is 17.9 Å². The highest BCUT2D eigenvalue weighted by Crippen LogP contribution is 2.40. The highest BCUT2D eigenvalue weighted by molar-refractivity contribution is 7.99. The fourth-order valence-corrected chi connectivity index (χ4v) is 3.69. The van der Waals surface area contributed by atoms with Gasteiger partial charge in [-0.15, -0.1) is 11.8 Å². The second-order valence-electron chi connectivity index (χ2n) is 5.66. The van der Waals surface area contributed by atoms with Crippen molar-refractivity contribution in [3.63, 3.8) is 0 Å². The molecule has 0 saturated carbocycles. The van der Waals surface area contributed by atoms with Crippen molar-refractivity contribution in [1.82, 2.24) is 0 Å². The third kappa shape index (κ3) is 5.36. The van der Waals surface area contributed by atoms with Crippen molar-refractivity contribution < 1.29 is 19.1 Å². The van der Waals surface area contributed by atoms with Crippen LogP contribution in [0.15, 0.2) is 59.5 Å². The first-order valence-electron chi connectivity index (χ1n) is 7.99. The summed E-state index contributed by atoms with van der Waals surface area (Å²) in [4.78, 5) is 25.2. The Morgan fingerprint density at radius 1 is 0.920 bits per heavy atom. The van der Waals surface area contributed by atoms with Crippen molar-refractivity contribution in [1.29, 1.82) is 0 Å². The van der Waals surface area contributed by atoms with Gasteiger partial charge in [0.1, 0.15) is 0 Å². The maximum Gasteiger partial charge on any atom is 0.320 e. The minimum atomic E-state index is -0.946. The zero-order chi connectivity index (χ0) is 18.2. The van der Waals surface area contributed by atoms with E-state index in [9.17, 15) is 9.59 Å². The van der Waals surface area contributed by atoms with Crippen molar-refractivity contribution in [3.8, 4) is 0 Å². The lowest BCUT2D eigenvalue weighted by Gasteiger charge is -2.21. The van der Waals surface area contributed by atoms with Crippen LogP contribution in [-0.4, -0.2) is 26.2 Å². The molecule has 0 amide bonds. The van der Waals surface area contributed by atoms with Gasteiger partial charge in [0.2, 0.25) is 0 Å². The van der Waals surface area contributed by atoms with Crippen LogP contribution >= 0.6 is 11.8 Å². The molecule has 5 heteroatoms. The van der Waals surface area contributed by atoms with E-state index in [4.69, 9.17) is 9.47 Å². The molecule has 1 atom stereocenters. The predicted octanol–water partition coefficient (Wildman–Crippen LogP) is 4.18. The molecule has 1 unspecified atom stereocenters. The Kier molecular flexibility index (Phi) is 7.07. The van der Waals surface area contributed by atoms with Crippen LogP contribution in [0.3, 0.4) is 0 Å². The predicted molar refractivity (Wildman–Crippen MR) is 98.4 cm³/mol. The maximum atomic E-state index is 12.0. The molecule has 132 valence electrons. The van der Waals surface area contributed by atoms with Gasteiger partial charge in [0.05, 0.1) is 14.2 Å². The first kappa shape index (κ1) is 19.1. The summed E-state index contributed by atoms with van der Waals surface area (Å²) in [5.74, 6) is -2.09. The Hall–Kier alpha value is -2.27. The second-order valence-corrected chi connectivity index (χ2v) is 6.94. The number of esters is 2. The van der Waals surface area contributed by atoms with E-state index in [0.717, 1.165) is 10.5 Å². The molecular weight excluding hydrogens is 336 g/mol. The van der Waals surface area contributed by atoms with Crippen LogP contribution in [0.4, 0.5) is 0 Å². The lowest BCUT2D eigenvalue weighted by molar-refractivity contribution is -0.159. The van der Waals surface area contributed by atoms with Gasteiger partial charge in [-0.05, 0) is 31.0 Å². The van der Waals surface area contributed by atoms with Crippen molar-refractivity contribution in [2.24, 2.45) is 5.92 Å². The Balaban J connectivity index is 2.28. The van der Waals surface area contributed by atoms with Gasteiger partial charge >= 0.3 is 11.9 Å². The summed E-state index contributed by atoms with van der Waals surface area (Å²) in [5.41, 5.74) is 2.23. The molecule has 0 fully saturated rings. The molecule has 2 rings (SSSR count). The summed E-state index contributed by atoms with van der Waals surface area (Å²) in [6.45, 7) is 2.04. The third-order valence-electron chi connectivity index (χ3n) is 3.89. The molecular formula is C20H22O4S. The molecule has 0 saturated heterocycles. The summed E-state index contributed by atoms with van der Waals surface area (Å²) in [5, 5.41) is -0.0768. The van der Waals surface area contributed by atoms with Gasteiger partial charge in [0.15, 0.2) is 5.92 Å². The van der Waals surface area contributed by atoms with Crippen LogP contribution in [0.1, 0.15) is 22.8 Å². The summed E-state index contributed by atoms with van der Waals surface area (Å²) in [6.07, 6.45) is 0.307. The lowest BCUT2D eigenvalue weighted by Crippen LogP contribution is -2.27. The Labute approximate surface area is 152 Å². The fourth-order valence-electron chi connectivity index (χ4n) is 2.49. The van der Waals surface area contributed by atoms with E-state index in [-0.39, 0.29) is 5.25 Å². The zero-order valence-corrected chi connectivity index (χ0v) is 15.4. The van der Waals surface area contributed by atoms with Gasteiger partial charge in [-0.2, -0.15) is 0 Å².